The van der Waals surface area contributed by atoms with Gasteiger partial charge >= 0.3 is 5.97 Å². The summed E-state index contributed by atoms with van der Waals surface area (Å²) in [6, 6.07) is 6.41. The van der Waals surface area contributed by atoms with Gasteiger partial charge in [0, 0.05) is 44.1 Å². The van der Waals surface area contributed by atoms with Gasteiger partial charge in [0.1, 0.15) is 11.5 Å². The fourth-order valence-electron chi connectivity index (χ4n) is 4.05. The predicted molar refractivity (Wildman–Crippen MR) is 110 cm³/mol. The Hall–Kier alpha value is -2.83. The van der Waals surface area contributed by atoms with E-state index in [0.717, 1.165) is 11.4 Å². The molecular weight excluding hydrogens is 373 g/mol. The zero-order valence-corrected chi connectivity index (χ0v) is 17.5. The molecule has 1 aromatic heterocycles. The average molecular weight is 401 g/mol. The summed E-state index contributed by atoms with van der Waals surface area (Å²) >= 11 is 0. The lowest BCUT2D eigenvalue weighted by atomic mass is 10.1. The molecule has 1 aromatic carbocycles. The molecular formula is C22H28FN3O3. The Bertz CT molecular complexity index is 897. The molecule has 0 atom stereocenters. The summed E-state index contributed by atoms with van der Waals surface area (Å²) in [6.45, 7) is 10.8. The number of nitrogens with zero attached hydrogens (tertiary/aromatic N) is 3. The zero-order valence-electron chi connectivity index (χ0n) is 17.5. The highest BCUT2D eigenvalue weighted by Crippen LogP contribution is 2.26. The van der Waals surface area contributed by atoms with Gasteiger partial charge in [-0.2, -0.15) is 0 Å². The number of benzene rings is 1. The number of halogens is 1. The molecule has 2 aromatic rings. The third kappa shape index (κ3) is 3.99. The fraction of sp³-hybridized carbons (Fsp3) is 0.455. The molecule has 0 aliphatic carbocycles. The second kappa shape index (κ2) is 8.68. The Morgan fingerprint density at radius 3 is 2.21 bits per heavy atom. The van der Waals surface area contributed by atoms with E-state index in [1.165, 1.54) is 12.1 Å². The van der Waals surface area contributed by atoms with Gasteiger partial charge in [-0.05, 0) is 57.5 Å². The first-order chi connectivity index (χ1) is 13.9. The minimum atomic E-state index is -0.393. The molecule has 1 amide bonds. The number of esters is 1. The van der Waals surface area contributed by atoms with Gasteiger partial charge in [0.2, 0.25) is 0 Å². The molecule has 29 heavy (non-hydrogen) atoms. The van der Waals surface area contributed by atoms with Gasteiger partial charge in [0.05, 0.1) is 12.2 Å². The number of carbonyl (C=O) groups is 2. The SMILES string of the molecule is CCOC(=O)c1c(C)c(C(=O)N2CCN(c3ccc(F)cc3)CC2)c(C)n1CC. The third-order valence-corrected chi connectivity index (χ3v) is 5.52. The number of rotatable bonds is 5. The van der Waals surface area contributed by atoms with Crippen LogP contribution in [0.4, 0.5) is 10.1 Å². The van der Waals surface area contributed by atoms with Crippen LogP contribution in [-0.4, -0.2) is 54.1 Å². The second-order valence-corrected chi connectivity index (χ2v) is 7.15. The summed E-state index contributed by atoms with van der Waals surface area (Å²) < 4.78 is 20.2. The van der Waals surface area contributed by atoms with E-state index in [1.807, 2.05) is 30.2 Å². The van der Waals surface area contributed by atoms with E-state index < -0.39 is 5.97 Å². The molecule has 0 unspecified atom stereocenters. The van der Waals surface area contributed by atoms with Gasteiger partial charge < -0.3 is 19.1 Å². The lowest BCUT2D eigenvalue weighted by Crippen LogP contribution is -2.49. The van der Waals surface area contributed by atoms with Gasteiger partial charge in [-0.3, -0.25) is 4.79 Å². The molecule has 1 aliphatic heterocycles. The highest BCUT2D eigenvalue weighted by Gasteiger charge is 2.30. The molecule has 156 valence electrons. The Labute approximate surface area is 170 Å². The summed E-state index contributed by atoms with van der Waals surface area (Å²) in [5, 5.41) is 0. The summed E-state index contributed by atoms with van der Waals surface area (Å²) in [6.07, 6.45) is 0. The third-order valence-electron chi connectivity index (χ3n) is 5.52. The van der Waals surface area contributed by atoms with Crippen LogP contribution in [0.25, 0.3) is 0 Å². The van der Waals surface area contributed by atoms with Crippen molar-refractivity contribution in [3.05, 3.63) is 52.6 Å². The molecule has 0 saturated carbocycles. The van der Waals surface area contributed by atoms with Crippen molar-refractivity contribution < 1.29 is 18.7 Å². The smallest absolute Gasteiger partial charge is 0.355 e. The molecule has 1 aliphatic rings. The van der Waals surface area contributed by atoms with Crippen LogP contribution >= 0.6 is 0 Å². The Morgan fingerprint density at radius 2 is 1.66 bits per heavy atom. The maximum absolute atomic E-state index is 13.3. The number of hydrogen-bond donors (Lipinski definition) is 0. The molecule has 1 saturated heterocycles. The van der Waals surface area contributed by atoms with Gasteiger partial charge in [-0.25, -0.2) is 9.18 Å². The van der Waals surface area contributed by atoms with Gasteiger partial charge in [-0.15, -0.1) is 0 Å². The highest BCUT2D eigenvalue weighted by atomic mass is 19.1. The van der Waals surface area contributed by atoms with Crippen molar-refractivity contribution in [1.82, 2.24) is 9.47 Å². The second-order valence-electron chi connectivity index (χ2n) is 7.15. The first kappa shape index (κ1) is 20.9. The Kier molecular flexibility index (Phi) is 6.25. The van der Waals surface area contributed by atoms with E-state index in [2.05, 4.69) is 4.90 Å². The molecule has 7 heteroatoms. The van der Waals surface area contributed by atoms with Gasteiger partial charge in [0.15, 0.2) is 0 Å². The Balaban J connectivity index is 1.79. The lowest BCUT2D eigenvalue weighted by Gasteiger charge is -2.36. The number of carbonyl (C=O) groups excluding carboxylic acids is 2. The fourth-order valence-corrected chi connectivity index (χ4v) is 4.05. The minimum Gasteiger partial charge on any atom is -0.461 e. The van der Waals surface area contributed by atoms with Crippen molar-refractivity contribution in [3.8, 4) is 0 Å². The van der Waals surface area contributed by atoms with Crippen molar-refractivity contribution in [1.29, 1.82) is 0 Å². The van der Waals surface area contributed by atoms with Crippen LogP contribution in [0.2, 0.25) is 0 Å². The van der Waals surface area contributed by atoms with Crippen LogP contribution in [0.1, 0.15) is 46.0 Å². The molecule has 2 heterocycles. The van der Waals surface area contributed by atoms with E-state index in [4.69, 9.17) is 4.74 Å². The largest absolute Gasteiger partial charge is 0.461 e. The molecule has 0 N–H and O–H groups in total. The molecule has 1 fully saturated rings. The maximum Gasteiger partial charge on any atom is 0.355 e. The first-order valence-corrected chi connectivity index (χ1v) is 10.1. The molecule has 0 bridgehead atoms. The van der Waals surface area contributed by atoms with Crippen LogP contribution in [0.15, 0.2) is 24.3 Å². The van der Waals surface area contributed by atoms with E-state index in [0.29, 0.717) is 56.2 Å². The zero-order chi connectivity index (χ0) is 21.1. The van der Waals surface area contributed by atoms with Crippen LogP contribution < -0.4 is 4.90 Å². The summed E-state index contributed by atoms with van der Waals surface area (Å²) in [5.41, 5.74) is 3.46. The van der Waals surface area contributed by atoms with Crippen molar-refractivity contribution in [2.45, 2.75) is 34.2 Å². The summed E-state index contributed by atoms with van der Waals surface area (Å²) in [7, 11) is 0. The minimum absolute atomic E-state index is 0.0588. The molecule has 0 spiro atoms. The van der Waals surface area contributed by atoms with Crippen LogP contribution in [0.5, 0.6) is 0 Å². The molecule has 0 radical (unpaired) electrons. The van der Waals surface area contributed by atoms with Crippen LogP contribution in [-0.2, 0) is 11.3 Å². The normalized spacial score (nSPS) is 14.2. The molecule has 6 nitrogen and oxygen atoms in total. The Morgan fingerprint density at radius 1 is 1.03 bits per heavy atom. The predicted octanol–water partition coefficient (Wildman–Crippen LogP) is 3.40. The van der Waals surface area contributed by atoms with E-state index in [9.17, 15) is 14.0 Å². The van der Waals surface area contributed by atoms with Crippen LogP contribution in [0.3, 0.4) is 0 Å². The number of aromatic nitrogens is 1. The summed E-state index contributed by atoms with van der Waals surface area (Å²) in [4.78, 5) is 29.7. The maximum atomic E-state index is 13.3. The quantitative estimate of drug-likeness (QED) is 0.721. The molecule has 3 rings (SSSR count). The standard InChI is InChI=1S/C22H28FN3O3/c1-5-26-16(4)19(15(3)20(26)22(28)29-6-2)21(27)25-13-11-24(12-14-25)18-9-7-17(23)8-10-18/h7-10H,5-6,11-14H2,1-4H3. The summed E-state index contributed by atoms with van der Waals surface area (Å²) in [5.74, 6) is -0.710. The van der Waals surface area contributed by atoms with Crippen molar-refractivity contribution >= 4 is 17.6 Å². The number of piperazine rings is 1. The van der Waals surface area contributed by atoms with Crippen molar-refractivity contribution in [2.75, 3.05) is 37.7 Å². The van der Waals surface area contributed by atoms with Crippen molar-refractivity contribution in [3.63, 3.8) is 0 Å². The number of ether oxygens (including phenoxy) is 1. The lowest BCUT2D eigenvalue weighted by molar-refractivity contribution is 0.0512. The van der Waals surface area contributed by atoms with E-state index >= 15 is 0 Å². The van der Waals surface area contributed by atoms with Crippen molar-refractivity contribution in [2.24, 2.45) is 0 Å². The number of amides is 1. The van der Waals surface area contributed by atoms with E-state index in [1.54, 1.807) is 19.1 Å². The number of hydrogen-bond acceptors (Lipinski definition) is 4. The van der Waals surface area contributed by atoms with Gasteiger partial charge in [-0.1, -0.05) is 0 Å². The van der Waals surface area contributed by atoms with Gasteiger partial charge in [0.25, 0.3) is 5.91 Å². The van der Waals surface area contributed by atoms with Crippen LogP contribution in [0, 0.1) is 19.7 Å². The number of anilines is 1. The highest BCUT2D eigenvalue weighted by molar-refractivity contribution is 6.01. The monoisotopic (exact) mass is 401 g/mol. The average Bonchev–Trinajstić information content (AvgIpc) is 2.98. The first-order valence-electron chi connectivity index (χ1n) is 10.1. The topological polar surface area (TPSA) is 54.8 Å². The van der Waals surface area contributed by atoms with E-state index in [-0.39, 0.29) is 11.7 Å².